The van der Waals surface area contributed by atoms with Gasteiger partial charge >= 0.3 is 0 Å². The second-order valence-electron chi connectivity index (χ2n) is 6.68. The van der Waals surface area contributed by atoms with Crippen molar-refractivity contribution in [2.45, 2.75) is 58.4 Å². The zero-order valence-electron chi connectivity index (χ0n) is 17.1. The number of nitrogens with zero attached hydrogens (tertiary/aromatic N) is 2. The Morgan fingerprint density at radius 2 is 1.73 bits per heavy atom. The third-order valence-corrected chi connectivity index (χ3v) is 4.57. The molecule has 26 heavy (non-hydrogen) atoms. The number of guanidine groups is 1. The molecule has 0 amide bonds. The summed E-state index contributed by atoms with van der Waals surface area (Å²) in [6, 6.07) is 0.763. The van der Waals surface area contributed by atoms with Crippen LogP contribution in [0.5, 0.6) is 0 Å². The Labute approximate surface area is 177 Å². The Bertz CT molecular complexity index is 340. The maximum absolute atomic E-state index is 5.57. The van der Waals surface area contributed by atoms with Crippen LogP contribution in [0.3, 0.4) is 0 Å². The van der Waals surface area contributed by atoms with Crippen LogP contribution in [0.2, 0.25) is 0 Å². The Morgan fingerprint density at radius 1 is 1.04 bits per heavy atom. The van der Waals surface area contributed by atoms with Gasteiger partial charge in [-0.15, -0.1) is 24.0 Å². The number of aliphatic imine (C=N–C) groups is 1. The molecule has 6 nitrogen and oxygen atoms in total. The molecule has 1 fully saturated rings. The molecule has 0 spiro atoms. The Kier molecular flexibility index (Phi) is 18.2. The highest BCUT2D eigenvalue weighted by molar-refractivity contribution is 14.0. The molecule has 0 radical (unpaired) electrons. The summed E-state index contributed by atoms with van der Waals surface area (Å²) in [5.41, 5.74) is 0. The van der Waals surface area contributed by atoms with Crippen molar-refractivity contribution in [3.63, 3.8) is 0 Å². The van der Waals surface area contributed by atoms with Gasteiger partial charge in [-0.3, -0.25) is 4.99 Å². The summed E-state index contributed by atoms with van der Waals surface area (Å²) >= 11 is 0. The second kappa shape index (κ2) is 18.3. The van der Waals surface area contributed by atoms with E-state index in [-0.39, 0.29) is 24.0 Å². The lowest BCUT2D eigenvalue weighted by Crippen LogP contribution is -2.40. The molecule has 0 heterocycles. The molecule has 0 saturated heterocycles. The molecular weight excluding hydrogens is 443 g/mol. The van der Waals surface area contributed by atoms with E-state index in [4.69, 9.17) is 9.47 Å². The summed E-state index contributed by atoms with van der Waals surface area (Å²) in [5.74, 6) is 0.880. The van der Waals surface area contributed by atoms with Crippen LogP contribution < -0.4 is 10.6 Å². The number of likely N-dealkylation sites (N-methyl/N-ethyl adjacent to an activating group) is 1. The van der Waals surface area contributed by atoms with Crippen LogP contribution >= 0.6 is 24.0 Å². The molecule has 1 aliphatic carbocycles. The lowest BCUT2D eigenvalue weighted by atomic mass is 10.2. The molecule has 0 aliphatic heterocycles. The Hall–Kier alpha value is -0.120. The molecule has 1 rings (SSSR count). The first kappa shape index (κ1) is 25.9. The SMILES string of the molecule is CCCCOCCOCCNC(=NCCN(C)C1CCCC1)NCC.I. The summed E-state index contributed by atoms with van der Waals surface area (Å²) in [5, 5.41) is 6.62. The van der Waals surface area contributed by atoms with Crippen molar-refractivity contribution in [1.29, 1.82) is 0 Å². The van der Waals surface area contributed by atoms with Crippen LogP contribution in [0.1, 0.15) is 52.4 Å². The van der Waals surface area contributed by atoms with Gasteiger partial charge in [-0.25, -0.2) is 0 Å². The predicted octanol–water partition coefficient (Wildman–Crippen LogP) is 2.87. The van der Waals surface area contributed by atoms with Crippen molar-refractivity contribution < 1.29 is 9.47 Å². The quantitative estimate of drug-likeness (QED) is 0.172. The zero-order valence-corrected chi connectivity index (χ0v) is 19.4. The van der Waals surface area contributed by atoms with E-state index in [1.807, 2.05) is 0 Å². The van der Waals surface area contributed by atoms with Gasteiger partial charge in [-0.1, -0.05) is 26.2 Å². The van der Waals surface area contributed by atoms with Crippen molar-refractivity contribution >= 4 is 29.9 Å². The number of nitrogens with one attached hydrogen (secondary N) is 2. The Morgan fingerprint density at radius 3 is 2.38 bits per heavy atom. The van der Waals surface area contributed by atoms with Crippen LogP contribution in [-0.4, -0.2) is 76.6 Å². The predicted molar refractivity (Wildman–Crippen MR) is 121 cm³/mol. The number of hydrogen-bond acceptors (Lipinski definition) is 4. The monoisotopic (exact) mass is 484 g/mol. The average Bonchev–Trinajstić information content (AvgIpc) is 3.15. The molecule has 1 saturated carbocycles. The van der Waals surface area contributed by atoms with Crippen molar-refractivity contribution in [1.82, 2.24) is 15.5 Å². The van der Waals surface area contributed by atoms with E-state index in [1.54, 1.807) is 0 Å². The second-order valence-corrected chi connectivity index (χ2v) is 6.68. The highest BCUT2D eigenvalue weighted by Gasteiger charge is 2.18. The van der Waals surface area contributed by atoms with Gasteiger partial charge in [0.2, 0.25) is 0 Å². The third kappa shape index (κ3) is 13.1. The van der Waals surface area contributed by atoms with Crippen LogP contribution in [-0.2, 0) is 9.47 Å². The summed E-state index contributed by atoms with van der Waals surface area (Å²) in [6.07, 6.45) is 7.75. The molecule has 7 heteroatoms. The molecule has 0 aromatic rings. The van der Waals surface area contributed by atoms with Gasteiger partial charge in [0, 0.05) is 32.3 Å². The number of rotatable bonds is 14. The first-order chi connectivity index (χ1) is 12.3. The first-order valence-electron chi connectivity index (χ1n) is 10.2. The normalized spacial score (nSPS) is 15.3. The molecule has 0 bridgehead atoms. The zero-order chi connectivity index (χ0) is 18.2. The van der Waals surface area contributed by atoms with Crippen molar-refractivity contribution in [3.8, 4) is 0 Å². The highest BCUT2D eigenvalue weighted by atomic mass is 127. The van der Waals surface area contributed by atoms with Gasteiger partial charge in [0.25, 0.3) is 0 Å². The number of unbranched alkanes of at least 4 members (excludes halogenated alkanes) is 1. The van der Waals surface area contributed by atoms with E-state index in [2.05, 4.69) is 41.4 Å². The minimum absolute atomic E-state index is 0. The minimum Gasteiger partial charge on any atom is -0.379 e. The lowest BCUT2D eigenvalue weighted by Gasteiger charge is -2.23. The van der Waals surface area contributed by atoms with E-state index >= 15 is 0 Å². The summed E-state index contributed by atoms with van der Waals surface area (Å²) in [4.78, 5) is 7.13. The summed E-state index contributed by atoms with van der Waals surface area (Å²) in [7, 11) is 2.22. The maximum Gasteiger partial charge on any atom is 0.191 e. The molecule has 0 unspecified atom stereocenters. The number of ether oxygens (including phenoxy) is 2. The summed E-state index contributed by atoms with van der Waals surface area (Å²) in [6.45, 7) is 10.6. The smallest absolute Gasteiger partial charge is 0.191 e. The maximum atomic E-state index is 5.57. The van der Waals surface area contributed by atoms with Crippen molar-refractivity contribution in [2.75, 3.05) is 59.7 Å². The fourth-order valence-corrected chi connectivity index (χ4v) is 3.00. The van der Waals surface area contributed by atoms with Gasteiger partial charge in [0.1, 0.15) is 0 Å². The van der Waals surface area contributed by atoms with Gasteiger partial charge in [0.05, 0.1) is 26.4 Å². The van der Waals surface area contributed by atoms with E-state index < -0.39 is 0 Å². The molecule has 0 aromatic heterocycles. The molecule has 2 N–H and O–H groups in total. The Balaban J connectivity index is 0.00000625. The van der Waals surface area contributed by atoms with Gasteiger partial charge < -0.3 is 25.0 Å². The molecule has 1 aliphatic rings. The van der Waals surface area contributed by atoms with Crippen LogP contribution in [0.25, 0.3) is 0 Å². The van der Waals surface area contributed by atoms with Crippen LogP contribution in [0.4, 0.5) is 0 Å². The lowest BCUT2D eigenvalue weighted by molar-refractivity contribution is 0.0487. The standard InChI is InChI=1S/C19H40N4O2.HI/c1-4-6-14-24-16-17-25-15-12-22-19(20-5-2)21-11-13-23(3)18-9-7-8-10-18;/h18H,4-17H2,1-3H3,(H2,20,21,22);1H. The molecule has 156 valence electrons. The molecular formula is C19H41IN4O2. The third-order valence-electron chi connectivity index (χ3n) is 4.57. The largest absolute Gasteiger partial charge is 0.379 e. The van der Waals surface area contributed by atoms with Gasteiger partial charge in [-0.05, 0) is 33.2 Å². The van der Waals surface area contributed by atoms with E-state index in [0.717, 1.165) is 51.2 Å². The minimum atomic E-state index is 0. The van der Waals surface area contributed by atoms with Gasteiger partial charge in [0.15, 0.2) is 5.96 Å². The average molecular weight is 484 g/mol. The first-order valence-corrected chi connectivity index (χ1v) is 10.2. The topological polar surface area (TPSA) is 58.1 Å². The van der Waals surface area contributed by atoms with Crippen molar-refractivity contribution in [3.05, 3.63) is 0 Å². The van der Waals surface area contributed by atoms with E-state index in [9.17, 15) is 0 Å². The van der Waals surface area contributed by atoms with E-state index in [0.29, 0.717) is 19.8 Å². The number of hydrogen-bond donors (Lipinski definition) is 2. The van der Waals surface area contributed by atoms with E-state index in [1.165, 1.54) is 32.1 Å². The molecule has 0 aromatic carbocycles. The summed E-state index contributed by atoms with van der Waals surface area (Å²) < 4.78 is 11.0. The van der Waals surface area contributed by atoms with Crippen LogP contribution in [0, 0.1) is 0 Å². The highest BCUT2D eigenvalue weighted by Crippen LogP contribution is 2.21. The fraction of sp³-hybridized carbons (Fsp3) is 0.947. The van der Waals surface area contributed by atoms with Crippen molar-refractivity contribution in [2.24, 2.45) is 4.99 Å². The number of halogens is 1. The van der Waals surface area contributed by atoms with Gasteiger partial charge in [-0.2, -0.15) is 0 Å². The molecule has 0 atom stereocenters. The fourth-order valence-electron chi connectivity index (χ4n) is 3.00. The van der Waals surface area contributed by atoms with Crippen LogP contribution in [0.15, 0.2) is 4.99 Å².